The molecule has 0 bridgehead atoms. The molecule has 19 heavy (non-hydrogen) atoms. The molecule has 5 nitrogen and oxygen atoms in total. The fraction of sp³-hybridized carbons (Fsp3) is 0.857. The van der Waals surface area contributed by atoms with Crippen LogP contribution < -0.4 is 5.32 Å². The van der Waals surface area contributed by atoms with Crippen LogP contribution in [0.3, 0.4) is 0 Å². The predicted octanol–water partition coefficient (Wildman–Crippen LogP) is 2.17. The minimum atomic E-state index is -0.848. The Morgan fingerprint density at radius 1 is 1.37 bits per heavy atom. The lowest BCUT2D eigenvalue weighted by atomic mass is 9.96. The van der Waals surface area contributed by atoms with Gasteiger partial charge in [-0.25, -0.2) is 4.79 Å². The number of amides is 2. The highest BCUT2D eigenvalue weighted by molar-refractivity contribution is 5.76. The molecule has 0 saturated heterocycles. The Balaban J connectivity index is 2.43. The molecule has 0 aromatic rings. The first-order valence-electron chi connectivity index (χ1n) is 7.21. The molecule has 0 heterocycles. The Hall–Kier alpha value is -1.26. The molecule has 0 spiro atoms. The number of carboxylic acids is 1. The summed E-state index contributed by atoms with van der Waals surface area (Å²) in [6.45, 7) is 7.51. The van der Waals surface area contributed by atoms with Gasteiger partial charge in [-0.2, -0.15) is 0 Å². The van der Waals surface area contributed by atoms with Gasteiger partial charge in [0.1, 0.15) is 0 Å². The van der Waals surface area contributed by atoms with Crippen LogP contribution >= 0.6 is 0 Å². The summed E-state index contributed by atoms with van der Waals surface area (Å²) in [6, 6.07) is -0.124. The Labute approximate surface area is 115 Å². The summed E-state index contributed by atoms with van der Waals surface area (Å²) in [5.41, 5.74) is 0. The third-order valence-corrected chi connectivity index (χ3v) is 3.55. The first-order valence-corrected chi connectivity index (χ1v) is 7.21. The van der Waals surface area contributed by atoms with Gasteiger partial charge in [0.25, 0.3) is 0 Å². The van der Waals surface area contributed by atoms with E-state index >= 15 is 0 Å². The van der Waals surface area contributed by atoms with Gasteiger partial charge < -0.3 is 15.3 Å². The molecule has 1 rings (SSSR count). The summed E-state index contributed by atoms with van der Waals surface area (Å²) in [7, 11) is 0. The lowest BCUT2D eigenvalue weighted by Gasteiger charge is -2.24. The van der Waals surface area contributed by atoms with E-state index in [2.05, 4.69) is 5.32 Å². The van der Waals surface area contributed by atoms with Crippen LogP contribution in [-0.2, 0) is 4.79 Å². The average Bonchev–Trinajstić information content (AvgIpc) is 3.11. The number of hydrogen-bond donors (Lipinski definition) is 2. The van der Waals surface area contributed by atoms with Crippen molar-refractivity contribution in [2.45, 2.75) is 40.0 Å². The summed E-state index contributed by atoms with van der Waals surface area (Å²) in [5, 5.41) is 11.9. The van der Waals surface area contributed by atoms with Gasteiger partial charge in [0.05, 0.1) is 5.92 Å². The minimum Gasteiger partial charge on any atom is -0.481 e. The van der Waals surface area contributed by atoms with Crippen LogP contribution in [0.15, 0.2) is 0 Å². The topological polar surface area (TPSA) is 69.6 Å². The number of hydrogen-bond acceptors (Lipinski definition) is 2. The van der Waals surface area contributed by atoms with E-state index in [1.165, 1.54) is 12.8 Å². The van der Waals surface area contributed by atoms with E-state index in [0.29, 0.717) is 5.92 Å². The highest BCUT2D eigenvalue weighted by Gasteiger charge is 2.27. The van der Waals surface area contributed by atoms with Crippen LogP contribution in [0.5, 0.6) is 0 Å². The molecule has 0 aromatic carbocycles. The van der Waals surface area contributed by atoms with Gasteiger partial charge >= 0.3 is 12.0 Å². The fourth-order valence-corrected chi connectivity index (χ4v) is 2.07. The van der Waals surface area contributed by atoms with Gasteiger partial charge in [0.15, 0.2) is 0 Å². The van der Waals surface area contributed by atoms with Crippen molar-refractivity contribution in [3.63, 3.8) is 0 Å². The molecule has 0 aliphatic heterocycles. The fourth-order valence-electron chi connectivity index (χ4n) is 2.07. The van der Waals surface area contributed by atoms with E-state index in [9.17, 15) is 9.59 Å². The van der Waals surface area contributed by atoms with E-state index in [1.54, 1.807) is 0 Å². The van der Waals surface area contributed by atoms with Crippen molar-refractivity contribution < 1.29 is 14.7 Å². The number of nitrogens with one attached hydrogen (secondary N) is 1. The number of carbonyl (C=O) groups excluding carboxylic acids is 1. The van der Waals surface area contributed by atoms with Crippen LogP contribution in [0.4, 0.5) is 4.79 Å². The highest BCUT2D eigenvalue weighted by Crippen LogP contribution is 2.29. The lowest BCUT2D eigenvalue weighted by molar-refractivity contribution is -0.142. The number of rotatable bonds is 8. The Bertz CT molecular complexity index is 314. The maximum Gasteiger partial charge on any atom is 0.317 e. The zero-order chi connectivity index (χ0) is 14.4. The normalized spacial score (nSPS) is 16.2. The molecule has 1 aliphatic carbocycles. The second-order valence-electron chi connectivity index (χ2n) is 5.76. The molecular weight excluding hydrogens is 244 g/mol. The number of urea groups is 1. The van der Waals surface area contributed by atoms with Crippen LogP contribution in [0.1, 0.15) is 40.0 Å². The Kier molecular flexibility index (Phi) is 6.12. The van der Waals surface area contributed by atoms with E-state index in [1.807, 2.05) is 25.7 Å². The molecule has 0 radical (unpaired) electrons. The van der Waals surface area contributed by atoms with Crippen LogP contribution in [0, 0.1) is 17.8 Å². The van der Waals surface area contributed by atoms with Crippen molar-refractivity contribution in [3.8, 4) is 0 Å². The van der Waals surface area contributed by atoms with Crippen molar-refractivity contribution in [2.75, 3.05) is 19.6 Å². The van der Waals surface area contributed by atoms with Crippen LogP contribution in [-0.4, -0.2) is 41.6 Å². The third kappa shape index (κ3) is 5.49. The highest BCUT2D eigenvalue weighted by atomic mass is 16.4. The molecule has 2 N–H and O–H groups in total. The second-order valence-corrected chi connectivity index (χ2v) is 5.76. The molecule has 1 fully saturated rings. The second kappa shape index (κ2) is 7.36. The summed E-state index contributed by atoms with van der Waals surface area (Å²) < 4.78 is 0. The van der Waals surface area contributed by atoms with Gasteiger partial charge in [0.2, 0.25) is 0 Å². The largest absolute Gasteiger partial charge is 0.481 e. The van der Waals surface area contributed by atoms with Crippen molar-refractivity contribution in [1.82, 2.24) is 10.2 Å². The Morgan fingerprint density at radius 2 is 2.00 bits per heavy atom. The van der Waals surface area contributed by atoms with Gasteiger partial charge in [-0.05, 0) is 31.1 Å². The zero-order valence-electron chi connectivity index (χ0n) is 12.2. The van der Waals surface area contributed by atoms with Crippen LogP contribution in [0.25, 0.3) is 0 Å². The summed E-state index contributed by atoms with van der Waals surface area (Å²) in [4.78, 5) is 25.0. The van der Waals surface area contributed by atoms with Gasteiger partial charge in [-0.3, -0.25) is 4.79 Å². The van der Waals surface area contributed by atoms with E-state index in [4.69, 9.17) is 5.11 Å². The van der Waals surface area contributed by atoms with Crippen molar-refractivity contribution in [1.29, 1.82) is 0 Å². The molecule has 1 saturated carbocycles. The quantitative estimate of drug-likeness (QED) is 0.710. The van der Waals surface area contributed by atoms with Gasteiger partial charge in [-0.15, -0.1) is 0 Å². The maximum absolute atomic E-state index is 12.1. The lowest BCUT2D eigenvalue weighted by Crippen LogP contribution is -2.45. The van der Waals surface area contributed by atoms with E-state index < -0.39 is 11.9 Å². The third-order valence-electron chi connectivity index (χ3n) is 3.55. The monoisotopic (exact) mass is 270 g/mol. The number of carbonyl (C=O) groups is 2. The molecular formula is C14H26N2O3. The molecule has 1 aliphatic rings. The standard InChI is InChI=1S/C14H26N2O3/c1-4-7-16(9-11-5-6-11)14(19)15-8-12(10(2)3)13(17)18/h10-12H,4-9H2,1-3H3,(H,15,19)(H,17,18). The predicted molar refractivity (Wildman–Crippen MR) is 74.0 cm³/mol. The summed E-state index contributed by atoms with van der Waals surface area (Å²) >= 11 is 0. The molecule has 2 amide bonds. The van der Waals surface area contributed by atoms with E-state index in [0.717, 1.165) is 19.5 Å². The molecule has 0 aromatic heterocycles. The molecule has 1 atom stereocenters. The first-order chi connectivity index (χ1) is 8.95. The SMILES string of the molecule is CCCN(CC1CC1)C(=O)NCC(C(=O)O)C(C)C. The maximum atomic E-state index is 12.1. The van der Waals surface area contributed by atoms with E-state index in [-0.39, 0.29) is 18.5 Å². The van der Waals surface area contributed by atoms with Gasteiger partial charge in [-0.1, -0.05) is 20.8 Å². The van der Waals surface area contributed by atoms with Crippen molar-refractivity contribution in [2.24, 2.45) is 17.8 Å². The Morgan fingerprint density at radius 3 is 2.42 bits per heavy atom. The molecule has 110 valence electrons. The zero-order valence-corrected chi connectivity index (χ0v) is 12.2. The van der Waals surface area contributed by atoms with Crippen LogP contribution in [0.2, 0.25) is 0 Å². The van der Waals surface area contributed by atoms with Gasteiger partial charge in [0, 0.05) is 19.6 Å². The minimum absolute atomic E-state index is 0.0147. The first kappa shape index (κ1) is 15.8. The summed E-state index contributed by atoms with van der Waals surface area (Å²) in [6.07, 6.45) is 3.33. The smallest absolute Gasteiger partial charge is 0.317 e. The summed E-state index contributed by atoms with van der Waals surface area (Å²) in [5.74, 6) is -0.702. The molecule has 1 unspecified atom stereocenters. The van der Waals surface area contributed by atoms with Crippen molar-refractivity contribution in [3.05, 3.63) is 0 Å². The van der Waals surface area contributed by atoms with Crippen molar-refractivity contribution >= 4 is 12.0 Å². The number of nitrogens with zero attached hydrogens (tertiary/aromatic N) is 1. The average molecular weight is 270 g/mol. The number of aliphatic carboxylic acids is 1. The number of carboxylic acid groups (broad SMARTS) is 1. The molecule has 5 heteroatoms.